The van der Waals surface area contributed by atoms with Crippen molar-refractivity contribution < 1.29 is 9.53 Å². The number of hydrogen-bond acceptors (Lipinski definition) is 3. The van der Waals surface area contributed by atoms with Crippen LogP contribution in [0.2, 0.25) is 0 Å². The highest BCUT2D eigenvalue weighted by atomic mass is 16.5. The van der Waals surface area contributed by atoms with E-state index in [9.17, 15) is 4.79 Å². The number of rotatable bonds is 2. The van der Waals surface area contributed by atoms with Gasteiger partial charge < -0.3 is 14.5 Å². The molecule has 0 bridgehead atoms. The van der Waals surface area contributed by atoms with Crippen molar-refractivity contribution in [3.63, 3.8) is 0 Å². The van der Waals surface area contributed by atoms with E-state index >= 15 is 0 Å². The van der Waals surface area contributed by atoms with Gasteiger partial charge in [0, 0.05) is 27.1 Å². The highest BCUT2D eigenvalue weighted by Crippen LogP contribution is 2.16. The summed E-state index contributed by atoms with van der Waals surface area (Å²) in [6.07, 6.45) is 0.152. The molecule has 0 saturated carbocycles. The van der Waals surface area contributed by atoms with Crippen molar-refractivity contribution in [2.75, 3.05) is 34.3 Å². The molecule has 90 valence electrons. The van der Waals surface area contributed by atoms with Crippen molar-refractivity contribution in [1.82, 2.24) is 9.80 Å². The summed E-state index contributed by atoms with van der Waals surface area (Å²) in [6.45, 7) is 7.10. The third-order valence-electron chi connectivity index (χ3n) is 2.65. The molecule has 1 aliphatic rings. The first-order valence-electron chi connectivity index (χ1n) is 5.51. The van der Waals surface area contributed by atoms with Gasteiger partial charge in [0.25, 0.3) is 0 Å². The number of likely N-dealkylation sites (tertiary alicyclic amines) is 1. The van der Waals surface area contributed by atoms with Gasteiger partial charge in [-0.25, -0.2) is 0 Å². The van der Waals surface area contributed by atoms with Crippen LogP contribution in [-0.4, -0.2) is 62.1 Å². The molecule has 1 rings (SSSR count). The second-order valence-corrected chi connectivity index (χ2v) is 3.73. The third kappa shape index (κ3) is 3.80. The first-order chi connectivity index (χ1) is 7.06. The number of likely N-dealkylation sites (N-methyl/N-ethyl adjacent to an activating group) is 1. The monoisotopic (exact) mass is 216 g/mol. The van der Waals surface area contributed by atoms with E-state index in [1.165, 1.54) is 0 Å². The summed E-state index contributed by atoms with van der Waals surface area (Å²) in [5, 5.41) is 0. The fraction of sp³-hybridized carbons (Fsp3) is 0.909. The maximum absolute atomic E-state index is 11.1. The van der Waals surface area contributed by atoms with Gasteiger partial charge in [-0.3, -0.25) is 4.79 Å². The van der Waals surface area contributed by atoms with Gasteiger partial charge >= 0.3 is 0 Å². The number of methoxy groups -OCH3 is 1. The van der Waals surface area contributed by atoms with Crippen LogP contribution in [0.15, 0.2) is 0 Å². The zero-order chi connectivity index (χ0) is 12.0. The number of ether oxygens (including phenoxy) is 1. The number of nitrogens with zero attached hydrogens (tertiary/aromatic N) is 2. The smallest absolute Gasteiger partial charge is 0.219 e. The Morgan fingerprint density at radius 1 is 1.33 bits per heavy atom. The summed E-state index contributed by atoms with van der Waals surface area (Å²) >= 11 is 0. The summed E-state index contributed by atoms with van der Waals surface area (Å²) in [4.78, 5) is 15.1. The molecule has 4 heteroatoms. The standard InChI is InChI=1S/C9H18N2O2.C2H6/c1-7(12)11-5-8(10(2)3)9(6-11)13-4;1-2/h8-9H,5-6H2,1-4H3;1-2H3. The van der Waals surface area contributed by atoms with Gasteiger partial charge in [-0.05, 0) is 14.1 Å². The first kappa shape index (κ1) is 14.4. The van der Waals surface area contributed by atoms with Gasteiger partial charge in [0.1, 0.15) is 0 Å². The minimum Gasteiger partial charge on any atom is -0.378 e. The minimum atomic E-state index is 0.131. The minimum absolute atomic E-state index is 0.131. The largest absolute Gasteiger partial charge is 0.378 e. The molecule has 2 atom stereocenters. The maximum Gasteiger partial charge on any atom is 0.219 e. The lowest BCUT2D eigenvalue weighted by atomic mass is 10.2. The van der Waals surface area contributed by atoms with Gasteiger partial charge in [0.05, 0.1) is 12.1 Å². The third-order valence-corrected chi connectivity index (χ3v) is 2.65. The summed E-state index contributed by atoms with van der Waals surface area (Å²) in [5.41, 5.74) is 0. The predicted octanol–water partition coefficient (Wildman–Crippen LogP) is 0.820. The highest BCUT2D eigenvalue weighted by Gasteiger charge is 2.35. The van der Waals surface area contributed by atoms with Gasteiger partial charge in [-0.15, -0.1) is 0 Å². The van der Waals surface area contributed by atoms with E-state index in [2.05, 4.69) is 4.90 Å². The molecule has 0 N–H and O–H groups in total. The Labute approximate surface area is 93.2 Å². The van der Waals surface area contributed by atoms with Crippen molar-refractivity contribution >= 4 is 5.91 Å². The van der Waals surface area contributed by atoms with Crippen LogP contribution in [0, 0.1) is 0 Å². The van der Waals surface area contributed by atoms with Crippen molar-refractivity contribution in [2.45, 2.75) is 32.9 Å². The fourth-order valence-electron chi connectivity index (χ4n) is 1.74. The lowest BCUT2D eigenvalue weighted by Crippen LogP contribution is -2.39. The van der Waals surface area contributed by atoms with E-state index in [4.69, 9.17) is 4.74 Å². The summed E-state index contributed by atoms with van der Waals surface area (Å²) in [5.74, 6) is 0.131. The van der Waals surface area contributed by atoms with Crippen molar-refractivity contribution in [3.05, 3.63) is 0 Å². The van der Waals surface area contributed by atoms with E-state index in [1.807, 2.05) is 32.8 Å². The second kappa shape index (κ2) is 6.80. The van der Waals surface area contributed by atoms with Crippen LogP contribution in [0.25, 0.3) is 0 Å². The van der Waals surface area contributed by atoms with Crippen LogP contribution in [0.1, 0.15) is 20.8 Å². The Bertz CT molecular complexity index is 195. The van der Waals surface area contributed by atoms with Gasteiger partial charge in [0.2, 0.25) is 5.91 Å². The van der Waals surface area contributed by atoms with Crippen LogP contribution < -0.4 is 0 Å². The van der Waals surface area contributed by atoms with E-state index in [0.29, 0.717) is 12.6 Å². The van der Waals surface area contributed by atoms with Gasteiger partial charge in [0.15, 0.2) is 0 Å². The Kier molecular flexibility index (Phi) is 6.52. The van der Waals surface area contributed by atoms with E-state index < -0.39 is 0 Å². The van der Waals surface area contributed by atoms with E-state index in [-0.39, 0.29) is 12.0 Å². The molecule has 1 heterocycles. The van der Waals surface area contributed by atoms with Crippen LogP contribution in [0.3, 0.4) is 0 Å². The Morgan fingerprint density at radius 3 is 2.13 bits per heavy atom. The molecule has 0 aromatic heterocycles. The second-order valence-electron chi connectivity index (χ2n) is 3.73. The predicted molar refractivity (Wildman–Crippen MR) is 61.9 cm³/mol. The number of amides is 1. The van der Waals surface area contributed by atoms with Gasteiger partial charge in [-0.2, -0.15) is 0 Å². The van der Waals surface area contributed by atoms with Crippen LogP contribution in [0.4, 0.5) is 0 Å². The van der Waals surface area contributed by atoms with Crippen LogP contribution >= 0.6 is 0 Å². The molecule has 1 amide bonds. The van der Waals surface area contributed by atoms with Crippen LogP contribution in [0.5, 0.6) is 0 Å². The first-order valence-corrected chi connectivity index (χ1v) is 5.51. The number of carbonyl (C=O) groups excluding carboxylic acids is 1. The average Bonchev–Trinajstić information content (AvgIpc) is 2.64. The van der Waals surface area contributed by atoms with Crippen molar-refractivity contribution in [1.29, 1.82) is 0 Å². The average molecular weight is 216 g/mol. The summed E-state index contributed by atoms with van der Waals surface area (Å²) in [6, 6.07) is 0.328. The Morgan fingerprint density at radius 2 is 1.87 bits per heavy atom. The van der Waals surface area contributed by atoms with Gasteiger partial charge in [-0.1, -0.05) is 13.8 Å². The summed E-state index contributed by atoms with van der Waals surface area (Å²) in [7, 11) is 5.73. The molecular formula is C11H24N2O2. The molecule has 15 heavy (non-hydrogen) atoms. The van der Waals surface area contributed by atoms with Crippen molar-refractivity contribution in [2.24, 2.45) is 0 Å². The molecule has 0 aromatic rings. The molecule has 0 spiro atoms. The molecule has 1 saturated heterocycles. The molecule has 1 aliphatic heterocycles. The van der Waals surface area contributed by atoms with E-state index in [0.717, 1.165) is 6.54 Å². The highest BCUT2D eigenvalue weighted by molar-refractivity contribution is 5.73. The zero-order valence-electron chi connectivity index (χ0n) is 10.8. The quantitative estimate of drug-likeness (QED) is 0.685. The van der Waals surface area contributed by atoms with Crippen molar-refractivity contribution in [3.8, 4) is 0 Å². The lowest BCUT2D eigenvalue weighted by Gasteiger charge is -2.23. The summed E-state index contributed by atoms with van der Waals surface area (Å²) < 4.78 is 5.33. The number of carbonyl (C=O) groups is 1. The topological polar surface area (TPSA) is 32.8 Å². The molecule has 4 nitrogen and oxygen atoms in total. The number of hydrogen-bond donors (Lipinski definition) is 0. The molecule has 2 unspecified atom stereocenters. The lowest BCUT2D eigenvalue weighted by molar-refractivity contribution is -0.128. The SMILES string of the molecule is CC.COC1CN(C(C)=O)CC1N(C)C. The zero-order valence-corrected chi connectivity index (χ0v) is 10.8. The molecule has 0 aromatic carbocycles. The molecular weight excluding hydrogens is 192 g/mol. The molecule has 1 fully saturated rings. The van der Waals surface area contributed by atoms with E-state index in [1.54, 1.807) is 14.0 Å². The Hall–Kier alpha value is -0.610. The normalized spacial score (nSPS) is 25.1. The molecule has 0 radical (unpaired) electrons. The Balaban J connectivity index is 0.000000921. The maximum atomic E-state index is 11.1. The molecule has 0 aliphatic carbocycles. The fourth-order valence-corrected chi connectivity index (χ4v) is 1.74. The van der Waals surface area contributed by atoms with Crippen LogP contribution in [-0.2, 0) is 9.53 Å².